The minimum Gasteiger partial charge on any atom is -0.462 e. The second-order valence-electron chi connectivity index (χ2n) is 4.17. The van der Waals surface area contributed by atoms with Crippen molar-refractivity contribution < 1.29 is 19.1 Å². The third kappa shape index (κ3) is 5.30. The zero-order valence-electron chi connectivity index (χ0n) is 12.2. The predicted octanol–water partition coefficient (Wildman–Crippen LogP) is 2.99. The Balaban J connectivity index is 2.58. The van der Waals surface area contributed by atoms with Gasteiger partial charge in [-0.2, -0.15) is 0 Å². The molecule has 20 heavy (non-hydrogen) atoms. The number of aryl methyl sites for hydroxylation is 1. The van der Waals surface area contributed by atoms with Gasteiger partial charge in [0.25, 0.3) is 0 Å². The van der Waals surface area contributed by atoms with E-state index in [9.17, 15) is 9.59 Å². The second kappa shape index (κ2) is 8.71. The molecule has 0 saturated heterocycles. The standard InChI is InChI=1S/C14H21NO4S/c1-4-18-8-6-7-12(16)15-13-11(9-10(3)20-13)14(17)19-5-2/h9H,4-8H2,1-3H3,(H,15,16). The Kier molecular flexibility index (Phi) is 7.25. The number of anilines is 1. The van der Waals surface area contributed by atoms with E-state index in [1.807, 2.05) is 13.8 Å². The summed E-state index contributed by atoms with van der Waals surface area (Å²) >= 11 is 1.38. The lowest BCUT2D eigenvalue weighted by Gasteiger charge is -2.06. The maximum Gasteiger partial charge on any atom is 0.341 e. The van der Waals surface area contributed by atoms with E-state index in [2.05, 4.69) is 5.32 Å². The Morgan fingerprint density at radius 3 is 2.70 bits per heavy atom. The minimum atomic E-state index is -0.401. The first kappa shape index (κ1) is 16.7. The molecule has 0 aliphatic heterocycles. The molecule has 0 aromatic carbocycles. The third-order valence-corrected chi connectivity index (χ3v) is 3.47. The number of esters is 1. The monoisotopic (exact) mass is 299 g/mol. The number of ether oxygens (including phenoxy) is 2. The number of amides is 1. The summed E-state index contributed by atoms with van der Waals surface area (Å²) in [5, 5.41) is 3.33. The Morgan fingerprint density at radius 1 is 1.30 bits per heavy atom. The fourth-order valence-corrected chi connectivity index (χ4v) is 2.55. The van der Waals surface area contributed by atoms with Gasteiger partial charge in [0.15, 0.2) is 0 Å². The van der Waals surface area contributed by atoms with Crippen LogP contribution in [0.4, 0.5) is 5.00 Å². The summed E-state index contributed by atoms with van der Waals surface area (Å²) in [6.07, 6.45) is 1.04. The summed E-state index contributed by atoms with van der Waals surface area (Å²) in [5.41, 5.74) is 0.424. The highest BCUT2D eigenvalue weighted by Crippen LogP contribution is 2.28. The van der Waals surface area contributed by atoms with Crippen LogP contribution in [-0.4, -0.2) is 31.7 Å². The minimum absolute atomic E-state index is 0.114. The molecular weight excluding hydrogens is 278 g/mol. The lowest BCUT2D eigenvalue weighted by molar-refractivity contribution is -0.116. The van der Waals surface area contributed by atoms with Crippen LogP contribution in [0.5, 0.6) is 0 Å². The highest BCUT2D eigenvalue weighted by atomic mass is 32.1. The normalized spacial score (nSPS) is 10.3. The summed E-state index contributed by atoms with van der Waals surface area (Å²) in [5.74, 6) is -0.515. The molecule has 0 fully saturated rings. The van der Waals surface area contributed by atoms with E-state index in [-0.39, 0.29) is 5.91 Å². The summed E-state index contributed by atoms with van der Waals surface area (Å²) in [6.45, 7) is 7.09. The lowest BCUT2D eigenvalue weighted by atomic mass is 10.2. The first-order valence-corrected chi connectivity index (χ1v) is 7.55. The molecule has 0 aliphatic carbocycles. The molecule has 0 saturated carbocycles. The van der Waals surface area contributed by atoms with Crippen molar-refractivity contribution in [3.8, 4) is 0 Å². The van der Waals surface area contributed by atoms with E-state index < -0.39 is 5.97 Å². The Bertz CT molecular complexity index is 456. The topological polar surface area (TPSA) is 64.6 Å². The smallest absolute Gasteiger partial charge is 0.341 e. The van der Waals surface area contributed by atoms with Crippen LogP contribution in [0.15, 0.2) is 6.07 Å². The predicted molar refractivity (Wildman–Crippen MR) is 79.4 cm³/mol. The van der Waals surface area contributed by atoms with E-state index in [0.717, 1.165) is 4.88 Å². The molecule has 0 unspecified atom stereocenters. The van der Waals surface area contributed by atoms with Crippen LogP contribution in [0.3, 0.4) is 0 Å². The molecule has 1 rings (SSSR count). The van der Waals surface area contributed by atoms with Gasteiger partial charge in [0.1, 0.15) is 5.00 Å². The molecule has 5 nitrogen and oxygen atoms in total. The maximum atomic E-state index is 11.8. The zero-order chi connectivity index (χ0) is 15.0. The maximum absolute atomic E-state index is 11.8. The number of rotatable bonds is 8. The van der Waals surface area contributed by atoms with Crippen molar-refractivity contribution in [1.82, 2.24) is 0 Å². The van der Waals surface area contributed by atoms with Crippen LogP contribution < -0.4 is 5.32 Å². The van der Waals surface area contributed by atoms with Gasteiger partial charge in [-0.05, 0) is 33.3 Å². The molecule has 0 bridgehead atoms. The summed E-state index contributed by atoms with van der Waals surface area (Å²) < 4.78 is 10.2. The number of hydrogen-bond acceptors (Lipinski definition) is 5. The van der Waals surface area contributed by atoms with Gasteiger partial charge < -0.3 is 14.8 Å². The van der Waals surface area contributed by atoms with E-state index in [0.29, 0.717) is 43.2 Å². The SMILES string of the molecule is CCOCCCC(=O)Nc1sc(C)cc1C(=O)OCC. The number of hydrogen-bond donors (Lipinski definition) is 1. The highest BCUT2D eigenvalue weighted by Gasteiger charge is 2.17. The van der Waals surface area contributed by atoms with Crippen molar-refractivity contribution in [3.63, 3.8) is 0 Å². The van der Waals surface area contributed by atoms with Crippen LogP contribution in [0, 0.1) is 6.92 Å². The summed E-state index contributed by atoms with van der Waals surface area (Å²) in [6, 6.07) is 1.73. The average Bonchev–Trinajstić information content (AvgIpc) is 2.76. The van der Waals surface area contributed by atoms with Gasteiger partial charge in [-0.25, -0.2) is 4.79 Å². The molecule has 1 heterocycles. The van der Waals surface area contributed by atoms with Crippen LogP contribution in [0.2, 0.25) is 0 Å². The van der Waals surface area contributed by atoms with Crippen molar-refractivity contribution in [1.29, 1.82) is 0 Å². The molecule has 6 heteroatoms. The van der Waals surface area contributed by atoms with Gasteiger partial charge >= 0.3 is 5.97 Å². The van der Waals surface area contributed by atoms with Crippen molar-refractivity contribution in [2.45, 2.75) is 33.6 Å². The van der Waals surface area contributed by atoms with Gasteiger partial charge in [0, 0.05) is 24.5 Å². The zero-order valence-corrected chi connectivity index (χ0v) is 13.0. The fraction of sp³-hybridized carbons (Fsp3) is 0.571. The van der Waals surface area contributed by atoms with Gasteiger partial charge in [-0.1, -0.05) is 0 Å². The largest absolute Gasteiger partial charge is 0.462 e. The summed E-state index contributed by atoms with van der Waals surface area (Å²) in [7, 11) is 0. The molecule has 1 aromatic rings. The summed E-state index contributed by atoms with van der Waals surface area (Å²) in [4.78, 5) is 24.5. The molecule has 112 valence electrons. The number of thiophene rings is 1. The molecule has 1 amide bonds. The van der Waals surface area contributed by atoms with Crippen molar-refractivity contribution >= 4 is 28.2 Å². The Morgan fingerprint density at radius 2 is 2.05 bits per heavy atom. The third-order valence-electron chi connectivity index (χ3n) is 2.50. The van der Waals surface area contributed by atoms with Gasteiger partial charge in [-0.15, -0.1) is 11.3 Å². The number of nitrogens with one attached hydrogen (secondary N) is 1. The van der Waals surface area contributed by atoms with Crippen LogP contribution in [-0.2, 0) is 14.3 Å². The van der Waals surface area contributed by atoms with E-state index in [4.69, 9.17) is 9.47 Å². The van der Waals surface area contributed by atoms with Gasteiger partial charge in [-0.3, -0.25) is 4.79 Å². The Labute approximate surface area is 123 Å². The van der Waals surface area contributed by atoms with E-state index in [1.165, 1.54) is 11.3 Å². The molecular formula is C14H21NO4S. The second-order valence-corrected chi connectivity index (χ2v) is 5.43. The molecule has 0 aliphatic rings. The number of carbonyl (C=O) groups excluding carboxylic acids is 2. The van der Waals surface area contributed by atoms with Crippen LogP contribution in [0.25, 0.3) is 0 Å². The molecule has 1 aromatic heterocycles. The Hall–Kier alpha value is -1.40. The highest BCUT2D eigenvalue weighted by molar-refractivity contribution is 7.16. The molecule has 1 N–H and O–H groups in total. The van der Waals surface area contributed by atoms with Crippen molar-refractivity contribution in [3.05, 3.63) is 16.5 Å². The number of carbonyl (C=O) groups is 2. The first-order chi connectivity index (χ1) is 9.58. The van der Waals surface area contributed by atoms with Crippen LogP contribution in [0.1, 0.15) is 41.9 Å². The van der Waals surface area contributed by atoms with Crippen LogP contribution >= 0.6 is 11.3 Å². The first-order valence-electron chi connectivity index (χ1n) is 6.73. The average molecular weight is 299 g/mol. The molecule has 0 atom stereocenters. The molecule has 0 radical (unpaired) electrons. The van der Waals surface area contributed by atoms with Crippen molar-refractivity contribution in [2.24, 2.45) is 0 Å². The van der Waals surface area contributed by atoms with E-state index >= 15 is 0 Å². The fourth-order valence-electron chi connectivity index (χ4n) is 1.64. The van der Waals surface area contributed by atoms with E-state index in [1.54, 1.807) is 13.0 Å². The van der Waals surface area contributed by atoms with Crippen molar-refractivity contribution in [2.75, 3.05) is 25.1 Å². The van der Waals surface area contributed by atoms with Gasteiger partial charge in [0.2, 0.25) is 5.91 Å². The molecule has 0 spiro atoms. The van der Waals surface area contributed by atoms with Gasteiger partial charge in [0.05, 0.1) is 12.2 Å². The lowest BCUT2D eigenvalue weighted by Crippen LogP contribution is -2.14. The quantitative estimate of drug-likeness (QED) is 0.592.